The number of benzene rings is 1. The fraction of sp³-hybridized carbons (Fsp3) is 0.583. The van der Waals surface area contributed by atoms with Gasteiger partial charge in [0.2, 0.25) is 0 Å². The molecule has 0 radical (unpaired) electrons. The monoisotopic (exact) mass is 447 g/mol. The smallest absolute Gasteiger partial charge is 0.387 e. The molecular weight excluding hydrogens is 416 g/mol. The minimum Gasteiger partial charge on any atom is -0.434 e. The predicted octanol–water partition coefficient (Wildman–Crippen LogP) is 6.57. The van der Waals surface area contributed by atoms with E-state index in [9.17, 15) is 14.0 Å². The Morgan fingerprint density at radius 3 is 2.74 bits per heavy atom. The van der Waals surface area contributed by atoms with E-state index < -0.39 is 6.61 Å². The van der Waals surface area contributed by atoms with E-state index in [0.29, 0.717) is 23.0 Å². The summed E-state index contributed by atoms with van der Waals surface area (Å²) in [5, 5.41) is 10.2. The van der Waals surface area contributed by atoms with Crippen LogP contribution in [0.2, 0.25) is 0 Å². The second kappa shape index (κ2) is 10.1. The summed E-state index contributed by atoms with van der Waals surface area (Å²) in [6.07, 6.45) is 5.40. The van der Waals surface area contributed by atoms with Crippen LogP contribution in [0, 0.1) is 28.6 Å². The molecule has 0 spiro atoms. The summed E-state index contributed by atoms with van der Waals surface area (Å²) >= 11 is 1.48. The fourth-order valence-electron chi connectivity index (χ4n) is 4.37. The Bertz CT molecular complexity index is 916. The van der Waals surface area contributed by atoms with E-state index in [1.807, 2.05) is 0 Å². The van der Waals surface area contributed by atoms with Gasteiger partial charge in [0.15, 0.2) is 0 Å². The molecule has 1 aliphatic heterocycles. The highest BCUT2D eigenvalue weighted by Gasteiger charge is 2.34. The first-order valence-electron chi connectivity index (χ1n) is 10.9. The van der Waals surface area contributed by atoms with Crippen molar-refractivity contribution in [3.8, 4) is 22.3 Å². The molecule has 3 rings (SSSR count). The summed E-state index contributed by atoms with van der Waals surface area (Å²) in [4.78, 5) is 7.80. The molecule has 2 heterocycles. The summed E-state index contributed by atoms with van der Waals surface area (Å²) in [5.74, 6) is 1.40. The maximum Gasteiger partial charge on any atom is 0.387 e. The Labute approximate surface area is 187 Å². The Kier molecular flexibility index (Phi) is 7.66. The normalized spacial score (nSPS) is 20.1. The number of rotatable bonds is 7. The third kappa shape index (κ3) is 6.24. The zero-order valence-corrected chi connectivity index (χ0v) is 19.5. The number of nitrogens with zero attached hydrogens (tertiary/aromatic N) is 3. The van der Waals surface area contributed by atoms with Crippen LogP contribution in [-0.2, 0) is 6.54 Å². The number of hydrogen-bond acceptors (Lipinski definition) is 5. The molecular formula is C24H31F2N3OS. The first kappa shape index (κ1) is 23.6. The zero-order valence-electron chi connectivity index (χ0n) is 18.7. The summed E-state index contributed by atoms with van der Waals surface area (Å²) in [5.41, 5.74) is 1.15. The molecule has 0 bridgehead atoms. The van der Waals surface area contributed by atoms with Crippen molar-refractivity contribution in [3.63, 3.8) is 0 Å². The van der Waals surface area contributed by atoms with Crippen molar-refractivity contribution in [2.24, 2.45) is 17.3 Å². The van der Waals surface area contributed by atoms with Crippen LogP contribution in [0.5, 0.6) is 5.75 Å². The number of likely N-dealkylation sites (tertiary alicyclic amines) is 1. The minimum atomic E-state index is -2.92. The molecule has 0 amide bonds. The van der Waals surface area contributed by atoms with Crippen LogP contribution in [0.15, 0.2) is 24.4 Å². The molecule has 31 heavy (non-hydrogen) atoms. The summed E-state index contributed by atoms with van der Waals surface area (Å²) in [6, 6.07) is 6.55. The number of piperidine rings is 1. The maximum atomic E-state index is 12.8. The number of hydrogen-bond donors (Lipinski definition) is 0. The molecule has 168 valence electrons. The van der Waals surface area contributed by atoms with Crippen LogP contribution in [0.4, 0.5) is 8.78 Å². The average Bonchev–Trinajstić information content (AvgIpc) is 3.15. The van der Waals surface area contributed by atoms with Gasteiger partial charge in [0.25, 0.3) is 0 Å². The van der Waals surface area contributed by atoms with Crippen molar-refractivity contribution in [1.29, 1.82) is 5.26 Å². The molecule has 1 aromatic carbocycles. The van der Waals surface area contributed by atoms with Crippen LogP contribution in [0.3, 0.4) is 0 Å². The lowest BCUT2D eigenvalue weighted by atomic mass is 9.72. The first-order valence-corrected chi connectivity index (χ1v) is 11.7. The molecule has 1 fully saturated rings. The molecule has 1 saturated heterocycles. The van der Waals surface area contributed by atoms with E-state index in [1.54, 1.807) is 12.3 Å². The van der Waals surface area contributed by atoms with Gasteiger partial charge in [-0.1, -0.05) is 34.1 Å². The predicted molar refractivity (Wildman–Crippen MR) is 120 cm³/mol. The van der Waals surface area contributed by atoms with Crippen LogP contribution in [0.25, 0.3) is 10.4 Å². The van der Waals surface area contributed by atoms with Crippen molar-refractivity contribution >= 4 is 11.3 Å². The summed E-state index contributed by atoms with van der Waals surface area (Å²) < 4.78 is 30.4. The SMILES string of the molecule is CCCC1CC(C(C)(C)C)CN(Cc2ncc(-c3cc(C#N)ccc3OC(F)F)s2)C1. The van der Waals surface area contributed by atoms with Crippen LogP contribution < -0.4 is 4.74 Å². The van der Waals surface area contributed by atoms with Crippen molar-refractivity contribution in [2.75, 3.05) is 13.1 Å². The van der Waals surface area contributed by atoms with Crippen molar-refractivity contribution in [3.05, 3.63) is 35.0 Å². The van der Waals surface area contributed by atoms with Crippen LogP contribution in [0.1, 0.15) is 57.5 Å². The lowest BCUT2D eigenvalue weighted by Crippen LogP contribution is -2.44. The van der Waals surface area contributed by atoms with Gasteiger partial charge in [0.05, 0.1) is 23.1 Å². The van der Waals surface area contributed by atoms with Gasteiger partial charge in [-0.3, -0.25) is 4.90 Å². The van der Waals surface area contributed by atoms with Gasteiger partial charge in [0.1, 0.15) is 10.8 Å². The van der Waals surface area contributed by atoms with E-state index in [0.717, 1.165) is 29.5 Å². The quantitative estimate of drug-likeness (QED) is 0.482. The fourth-order valence-corrected chi connectivity index (χ4v) is 5.35. The minimum absolute atomic E-state index is 0.0676. The van der Waals surface area contributed by atoms with E-state index in [2.05, 4.69) is 48.4 Å². The highest BCUT2D eigenvalue weighted by molar-refractivity contribution is 7.15. The third-order valence-electron chi connectivity index (χ3n) is 6.04. The van der Waals surface area contributed by atoms with E-state index >= 15 is 0 Å². The topological polar surface area (TPSA) is 49.2 Å². The lowest BCUT2D eigenvalue weighted by Gasteiger charge is -2.43. The van der Waals surface area contributed by atoms with Gasteiger partial charge >= 0.3 is 6.61 Å². The highest BCUT2D eigenvalue weighted by Crippen LogP contribution is 2.39. The number of aromatic nitrogens is 1. The molecule has 0 N–H and O–H groups in total. The highest BCUT2D eigenvalue weighted by atomic mass is 32.1. The van der Waals surface area contributed by atoms with Crippen molar-refractivity contribution in [2.45, 2.75) is 60.1 Å². The molecule has 1 aliphatic rings. The average molecular weight is 448 g/mol. The van der Waals surface area contributed by atoms with Gasteiger partial charge in [-0.25, -0.2) is 4.98 Å². The van der Waals surface area contributed by atoms with E-state index in [4.69, 9.17) is 0 Å². The second-order valence-electron chi connectivity index (χ2n) is 9.47. The second-order valence-corrected chi connectivity index (χ2v) is 10.6. The maximum absolute atomic E-state index is 12.8. The van der Waals surface area contributed by atoms with Gasteiger partial charge in [0, 0.05) is 24.8 Å². The molecule has 2 atom stereocenters. The number of thiazole rings is 1. The molecule has 7 heteroatoms. The van der Waals surface area contributed by atoms with E-state index in [-0.39, 0.29) is 11.2 Å². The largest absolute Gasteiger partial charge is 0.434 e. The molecule has 0 saturated carbocycles. The molecule has 1 aromatic heterocycles. The Morgan fingerprint density at radius 2 is 2.10 bits per heavy atom. The van der Waals surface area contributed by atoms with Gasteiger partial charge in [-0.2, -0.15) is 14.0 Å². The van der Waals surface area contributed by atoms with E-state index in [1.165, 1.54) is 42.7 Å². The Morgan fingerprint density at radius 1 is 1.32 bits per heavy atom. The number of halogens is 2. The lowest BCUT2D eigenvalue weighted by molar-refractivity contribution is -0.0494. The summed E-state index contributed by atoms with van der Waals surface area (Å²) in [7, 11) is 0. The van der Waals surface area contributed by atoms with Crippen molar-refractivity contribution in [1.82, 2.24) is 9.88 Å². The van der Waals surface area contributed by atoms with Crippen molar-refractivity contribution < 1.29 is 13.5 Å². The molecule has 4 nitrogen and oxygen atoms in total. The molecule has 2 unspecified atom stereocenters. The van der Waals surface area contributed by atoms with Crippen LogP contribution in [-0.4, -0.2) is 29.6 Å². The van der Waals surface area contributed by atoms with Gasteiger partial charge in [-0.05, 0) is 48.3 Å². The molecule has 2 aromatic rings. The standard InChI is InChI=1S/C24H31F2N3OS/c1-5-6-17-9-18(24(2,3)4)14-29(13-17)15-22-28-12-21(31-22)19-10-16(11-27)7-8-20(19)30-23(25)26/h7-8,10,12,17-18,23H,5-6,9,13-15H2,1-4H3. The van der Waals surface area contributed by atoms with Gasteiger partial charge < -0.3 is 4.74 Å². The molecule has 0 aliphatic carbocycles. The Hall–Kier alpha value is -2.04. The number of ether oxygens (including phenoxy) is 1. The first-order chi connectivity index (χ1) is 14.7. The number of nitriles is 1. The zero-order chi connectivity index (χ0) is 22.6. The van der Waals surface area contributed by atoms with Gasteiger partial charge in [-0.15, -0.1) is 11.3 Å². The van der Waals surface area contributed by atoms with Crippen LogP contribution >= 0.6 is 11.3 Å². The Balaban J connectivity index is 1.80. The number of alkyl halides is 2. The third-order valence-corrected chi connectivity index (χ3v) is 7.05. The summed E-state index contributed by atoms with van der Waals surface area (Å²) in [6.45, 7) is 9.14.